The van der Waals surface area contributed by atoms with Crippen molar-refractivity contribution >= 4 is 18.0 Å². The molecule has 0 aromatic carbocycles. The summed E-state index contributed by atoms with van der Waals surface area (Å²) >= 11 is 0. The van der Waals surface area contributed by atoms with Crippen LogP contribution in [0.1, 0.15) is 27.2 Å². The van der Waals surface area contributed by atoms with E-state index in [0.29, 0.717) is 6.42 Å². The lowest BCUT2D eigenvalue weighted by Crippen LogP contribution is -2.29. The van der Waals surface area contributed by atoms with E-state index in [1.54, 1.807) is 0 Å². The Hall–Kier alpha value is -1.48. The lowest BCUT2D eigenvalue weighted by Gasteiger charge is -2.14. The molecule has 0 radical (unpaired) electrons. The fourth-order valence-electron chi connectivity index (χ4n) is 0.991. The van der Waals surface area contributed by atoms with Crippen molar-refractivity contribution in [1.29, 1.82) is 0 Å². The summed E-state index contributed by atoms with van der Waals surface area (Å²) in [5.74, 6) is -0.804. The van der Waals surface area contributed by atoms with Gasteiger partial charge in [-0.05, 0) is 12.3 Å². The van der Waals surface area contributed by atoms with Gasteiger partial charge in [-0.15, -0.1) is 0 Å². The second kappa shape index (κ2) is 6.05. The highest BCUT2D eigenvalue weighted by Crippen LogP contribution is 2.08. The van der Waals surface area contributed by atoms with E-state index in [2.05, 4.69) is 4.79 Å². The first-order chi connectivity index (χ1) is 6.47. The predicted molar refractivity (Wildman–Crippen MR) is 49.7 cm³/mol. The maximum absolute atomic E-state index is 11.2. The summed E-state index contributed by atoms with van der Waals surface area (Å²) in [6, 6.07) is 0. The molecule has 0 aromatic heterocycles. The number of ether oxygens (including phenoxy) is 1. The molecule has 0 heterocycles. The van der Waals surface area contributed by atoms with Gasteiger partial charge in [-0.2, -0.15) is 4.79 Å². The number of carbonyl (C=O) groups excluding carboxylic acids is 2. The summed E-state index contributed by atoms with van der Waals surface area (Å²) in [5.41, 5.74) is 8.16. The number of rotatable bonds is 5. The zero-order chi connectivity index (χ0) is 11.1. The van der Waals surface area contributed by atoms with Crippen LogP contribution in [0.15, 0.2) is 0 Å². The lowest BCUT2D eigenvalue weighted by molar-refractivity contribution is -0.152. The van der Waals surface area contributed by atoms with E-state index in [-0.39, 0.29) is 5.92 Å². The third kappa shape index (κ3) is 5.22. The molecule has 0 rings (SSSR count). The maximum Gasteiger partial charge on any atom is 0.327 e. The number of ketones is 1. The molecule has 0 spiro atoms. The van der Waals surface area contributed by atoms with Gasteiger partial charge in [0.05, 0.1) is 0 Å². The molecule has 78 valence electrons. The second-order valence-electron chi connectivity index (χ2n) is 3.37. The molecule has 0 aromatic rings. The summed E-state index contributed by atoms with van der Waals surface area (Å²) in [5, 5.41) is 0. The van der Waals surface area contributed by atoms with Crippen LogP contribution in [0, 0.1) is 5.92 Å². The van der Waals surface area contributed by atoms with Crippen LogP contribution in [0.5, 0.6) is 0 Å². The fraction of sp³-hybridized carbons (Fsp3) is 0.667. The molecule has 0 unspecified atom stereocenters. The molecule has 0 aliphatic rings. The number of Topliss-reactive ketones (excluding diaryl/α,β-unsaturated/α-hetero) is 1. The highest BCUT2D eigenvalue weighted by atomic mass is 16.5. The Balaban J connectivity index is 4.45. The summed E-state index contributed by atoms with van der Waals surface area (Å²) in [6.45, 7) is 5.04. The summed E-state index contributed by atoms with van der Waals surface area (Å²) < 4.78 is 4.78. The van der Waals surface area contributed by atoms with E-state index in [9.17, 15) is 9.59 Å². The monoisotopic (exact) mass is 198 g/mol. The van der Waals surface area contributed by atoms with Crippen molar-refractivity contribution < 1.29 is 19.1 Å². The molecule has 1 atom stereocenters. The molecule has 0 N–H and O–H groups in total. The number of esters is 1. The molecule has 5 heteroatoms. The van der Waals surface area contributed by atoms with Crippen LogP contribution in [-0.4, -0.2) is 28.9 Å². The largest absolute Gasteiger partial charge is 0.454 e. The van der Waals surface area contributed by atoms with Crippen molar-refractivity contribution in [2.75, 3.05) is 0 Å². The van der Waals surface area contributed by atoms with Crippen LogP contribution >= 0.6 is 0 Å². The molecule has 5 nitrogen and oxygen atoms in total. The molecular formula is C9H14N2O3. The fourth-order valence-corrected chi connectivity index (χ4v) is 0.991. The van der Waals surface area contributed by atoms with Crippen molar-refractivity contribution in [1.82, 2.24) is 0 Å². The van der Waals surface area contributed by atoms with E-state index in [1.165, 1.54) is 6.92 Å². The molecule has 0 aliphatic carbocycles. The van der Waals surface area contributed by atoms with Gasteiger partial charge in [0, 0.05) is 6.92 Å². The number of carbonyl (C=O) groups is 2. The van der Waals surface area contributed by atoms with Crippen LogP contribution < -0.4 is 0 Å². The van der Waals surface area contributed by atoms with Crippen molar-refractivity contribution in [3.05, 3.63) is 5.53 Å². The van der Waals surface area contributed by atoms with Crippen LogP contribution in [0.25, 0.3) is 5.53 Å². The third-order valence-corrected chi connectivity index (χ3v) is 1.50. The maximum atomic E-state index is 11.2. The van der Waals surface area contributed by atoms with Gasteiger partial charge >= 0.3 is 12.2 Å². The topological polar surface area (TPSA) is 79.8 Å². The minimum absolute atomic E-state index is 0.218. The molecule has 0 fully saturated rings. The Morgan fingerprint density at radius 3 is 2.43 bits per heavy atom. The number of hydrogen-bond donors (Lipinski definition) is 0. The molecule has 0 bridgehead atoms. The smallest absolute Gasteiger partial charge is 0.327 e. The molecule has 0 aliphatic heterocycles. The van der Waals surface area contributed by atoms with Gasteiger partial charge in [0.2, 0.25) is 0 Å². The Kier molecular flexibility index (Phi) is 5.41. The average molecular weight is 198 g/mol. The molecular weight excluding hydrogens is 184 g/mol. The summed E-state index contributed by atoms with van der Waals surface area (Å²) in [6.07, 6.45) is 0.323. The minimum Gasteiger partial charge on any atom is -0.454 e. The van der Waals surface area contributed by atoms with E-state index in [1.807, 2.05) is 13.8 Å². The zero-order valence-electron chi connectivity index (χ0n) is 8.56. The second-order valence-corrected chi connectivity index (χ2v) is 3.37. The van der Waals surface area contributed by atoms with Crippen molar-refractivity contribution in [3.63, 3.8) is 0 Å². The Labute approximate surface area is 82.7 Å². The van der Waals surface area contributed by atoms with Crippen LogP contribution in [0.3, 0.4) is 0 Å². The van der Waals surface area contributed by atoms with Crippen LogP contribution in [0.4, 0.5) is 0 Å². The van der Waals surface area contributed by atoms with E-state index in [4.69, 9.17) is 10.3 Å². The highest BCUT2D eigenvalue weighted by Gasteiger charge is 2.23. The van der Waals surface area contributed by atoms with Gasteiger partial charge in [0.25, 0.3) is 5.78 Å². The van der Waals surface area contributed by atoms with Gasteiger partial charge in [0.1, 0.15) is 0 Å². The normalized spacial score (nSPS) is 11.7. The molecule has 0 saturated carbocycles. The first-order valence-electron chi connectivity index (χ1n) is 4.35. The quantitative estimate of drug-likeness (QED) is 0.284. The molecule has 14 heavy (non-hydrogen) atoms. The molecule has 0 amide bonds. The van der Waals surface area contributed by atoms with E-state index >= 15 is 0 Å². The van der Waals surface area contributed by atoms with Crippen molar-refractivity contribution in [2.24, 2.45) is 5.92 Å². The van der Waals surface area contributed by atoms with Crippen molar-refractivity contribution in [2.45, 2.75) is 33.3 Å². The van der Waals surface area contributed by atoms with Crippen LogP contribution in [0.2, 0.25) is 0 Å². The number of nitrogens with zero attached hydrogens (tertiary/aromatic N) is 2. The van der Waals surface area contributed by atoms with Gasteiger partial charge in [0.15, 0.2) is 6.10 Å². The Bertz CT molecular complexity index is 267. The van der Waals surface area contributed by atoms with E-state index < -0.39 is 17.9 Å². The van der Waals surface area contributed by atoms with E-state index in [0.717, 1.165) is 6.21 Å². The molecule has 0 saturated heterocycles. The Morgan fingerprint density at radius 1 is 1.50 bits per heavy atom. The lowest BCUT2D eigenvalue weighted by atomic mass is 10.0. The SMILES string of the molecule is CC(=O)O[C@@H](CC(C)C)C(=O)C=[N+]=[N-]. The summed E-state index contributed by atoms with van der Waals surface area (Å²) in [4.78, 5) is 24.5. The van der Waals surface area contributed by atoms with Crippen molar-refractivity contribution in [3.8, 4) is 0 Å². The summed E-state index contributed by atoms with van der Waals surface area (Å²) in [7, 11) is 0. The Morgan fingerprint density at radius 2 is 2.07 bits per heavy atom. The first kappa shape index (κ1) is 12.5. The van der Waals surface area contributed by atoms with Gasteiger partial charge in [-0.25, -0.2) is 0 Å². The standard InChI is InChI=1S/C9H14N2O3/c1-6(2)4-9(14-7(3)12)8(13)5-11-10/h5-6,9H,4H2,1-3H3/t9-/m0/s1. The highest BCUT2D eigenvalue weighted by molar-refractivity contribution is 6.27. The first-order valence-corrected chi connectivity index (χ1v) is 4.35. The third-order valence-electron chi connectivity index (χ3n) is 1.50. The zero-order valence-corrected chi connectivity index (χ0v) is 8.56. The number of hydrogen-bond acceptors (Lipinski definition) is 3. The van der Waals surface area contributed by atoms with Gasteiger partial charge in [-0.1, -0.05) is 13.8 Å². The van der Waals surface area contributed by atoms with Crippen LogP contribution in [-0.2, 0) is 14.3 Å². The predicted octanol–water partition coefficient (Wildman–Crippen LogP) is 0.834. The van der Waals surface area contributed by atoms with Gasteiger partial charge < -0.3 is 10.3 Å². The average Bonchev–Trinajstić information content (AvgIpc) is 2.01. The van der Waals surface area contributed by atoms with Gasteiger partial charge in [-0.3, -0.25) is 9.59 Å². The minimum atomic E-state index is -0.844.